The van der Waals surface area contributed by atoms with Crippen LogP contribution in [0.15, 0.2) is 42.6 Å². The van der Waals surface area contributed by atoms with Crippen molar-refractivity contribution in [3.05, 3.63) is 53.7 Å². The summed E-state index contributed by atoms with van der Waals surface area (Å²) in [5.74, 6) is 0.993. The van der Waals surface area contributed by atoms with Crippen molar-refractivity contribution in [3.8, 4) is 0 Å². The molecule has 8 heteroatoms. The number of anilines is 2. The van der Waals surface area contributed by atoms with Gasteiger partial charge in [0.15, 0.2) is 0 Å². The fourth-order valence-corrected chi connectivity index (χ4v) is 4.01. The van der Waals surface area contributed by atoms with E-state index >= 15 is 0 Å². The molecule has 4 rings (SSSR count). The van der Waals surface area contributed by atoms with Gasteiger partial charge in [-0.05, 0) is 48.7 Å². The minimum atomic E-state index is -0.297. The Morgan fingerprint density at radius 1 is 0.906 bits per heavy atom. The average molecular weight is 438 g/mol. The summed E-state index contributed by atoms with van der Waals surface area (Å²) in [6, 6.07) is 10.7. The number of hydrogen-bond donors (Lipinski definition) is 2. The smallest absolute Gasteiger partial charge is 0.319 e. The molecule has 1 aromatic carbocycles. The molecule has 0 spiro atoms. The van der Waals surface area contributed by atoms with Crippen LogP contribution in [-0.2, 0) is 11.3 Å². The Hall–Kier alpha value is -3.13. The second-order valence-corrected chi connectivity index (χ2v) is 8.22. The van der Waals surface area contributed by atoms with Gasteiger partial charge in [-0.25, -0.2) is 9.78 Å². The molecule has 2 saturated heterocycles. The number of ether oxygens (including phenoxy) is 1. The third-order valence-corrected chi connectivity index (χ3v) is 5.88. The van der Waals surface area contributed by atoms with Crippen molar-refractivity contribution in [2.45, 2.75) is 32.2 Å². The van der Waals surface area contributed by atoms with Gasteiger partial charge in [0, 0.05) is 50.2 Å². The molecule has 2 aliphatic heterocycles. The van der Waals surface area contributed by atoms with Crippen LogP contribution in [0.1, 0.15) is 41.6 Å². The molecule has 0 saturated carbocycles. The molecule has 2 fully saturated rings. The molecule has 0 atom stereocenters. The molecule has 2 aromatic rings. The Balaban J connectivity index is 1.24. The number of hydrogen-bond acceptors (Lipinski definition) is 5. The molecule has 2 N–H and O–H groups in total. The van der Waals surface area contributed by atoms with Gasteiger partial charge in [-0.3, -0.25) is 4.79 Å². The predicted molar refractivity (Wildman–Crippen MR) is 124 cm³/mol. The zero-order valence-electron chi connectivity index (χ0n) is 18.4. The number of rotatable bonds is 5. The lowest BCUT2D eigenvalue weighted by Gasteiger charge is -2.26. The minimum Gasteiger partial charge on any atom is -0.378 e. The van der Waals surface area contributed by atoms with Crippen molar-refractivity contribution in [1.29, 1.82) is 0 Å². The number of urea groups is 1. The van der Waals surface area contributed by atoms with Crippen LogP contribution in [0.5, 0.6) is 0 Å². The van der Waals surface area contributed by atoms with Gasteiger partial charge in [-0.1, -0.05) is 18.9 Å². The van der Waals surface area contributed by atoms with E-state index in [1.54, 1.807) is 29.2 Å². The summed E-state index contributed by atoms with van der Waals surface area (Å²) in [7, 11) is 0. The van der Waals surface area contributed by atoms with Crippen LogP contribution in [-0.4, -0.2) is 61.2 Å². The van der Waals surface area contributed by atoms with Gasteiger partial charge in [0.2, 0.25) is 0 Å². The Kier molecular flexibility index (Phi) is 7.55. The van der Waals surface area contributed by atoms with Crippen LogP contribution in [0.4, 0.5) is 16.3 Å². The monoisotopic (exact) mass is 437 g/mol. The highest BCUT2D eigenvalue weighted by molar-refractivity contribution is 5.95. The molecule has 0 unspecified atom stereocenters. The van der Waals surface area contributed by atoms with Crippen LogP contribution >= 0.6 is 0 Å². The lowest BCUT2D eigenvalue weighted by Crippen LogP contribution is -2.40. The summed E-state index contributed by atoms with van der Waals surface area (Å²) >= 11 is 0. The SMILES string of the molecule is O=C(NCc1ccc(N2CCCCCC2)nc1)Nc1ccc(C(=O)N2CCOCC2)cc1. The number of morpholine rings is 1. The molecule has 32 heavy (non-hydrogen) atoms. The van der Waals surface area contributed by atoms with Crippen LogP contribution in [0.2, 0.25) is 0 Å². The van der Waals surface area contributed by atoms with Gasteiger partial charge in [-0.15, -0.1) is 0 Å². The second-order valence-electron chi connectivity index (χ2n) is 8.22. The Morgan fingerprint density at radius 2 is 1.62 bits per heavy atom. The Morgan fingerprint density at radius 3 is 2.28 bits per heavy atom. The third kappa shape index (κ3) is 5.97. The molecule has 0 radical (unpaired) electrons. The Labute approximate surface area is 188 Å². The van der Waals surface area contributed by atoms with Gasteiger partial charge in [0.1, 0.15) is 5.82 Å². The summed E-state index contributed by atoms with van der Waals surface area (Å²) in [6.45, 7) is 4.87. The Bertz CT molecular complexity index is 887. The highest BCUT2D eigenvalue weighted by Gasteiger charge is 2.18. The van der Waals surface area contributed by atoms with E-state index in [1.807, 2.05) is 18.3 Å². The number of carbonyl (C=O) groups excluding carboxylic acids is 2. The van der Waals surface area contributed by atoms with Gasteiger partial charge >= 0.3 is 6.03 Å². The van der Waals surface area contributed by atoms with E-state index in [-0.39, 0.29) is 11.9 Å². The van der Waals surface area contributed by atoms with E-state index in [0.717, 1.165) is 24.5 Å². The topological polar surface area (TPSA) is 86.8 Å². The second kappa shape index (κ2) is 10.9. The van der Waals surface area contributed by atoms with E-state index in [9.17, 15) is 9.59 Å². The van der Waals surface area contributed by atoms with Crippen molar-refractivity contribution in [2.24, 2.45) is 0 Å². The maximum Gasteiger partial charge on any atom is 0.319 e. The van der Waals surface area contributed by atoms with E-state index in [2.05, 4.69) is 20.5 Å². The number of carbonyl (C=O) groups is 2. The number of nitrogens with one attached hydrogen (secondary N) is 2. The molecule has 0 aliphatic carbocycles. The minimum absolute atomic E-state index is 0.0135. The van der Waals surface area contributed by atoms with Crippen molar-refractivity contribution in [2.75, 3.05) is 49.6 Å². The van der Waals surface area contributed by atoms with Crippen molar-refractivity contribution in [1.82, 2.24) is 15.2 Å². The fourth-order valence-electron chi connectivity index (χ4n) is 4.01. The first-order valence-electron chi connectivity index (χ1n) is 11.4. The average Bonchev–Trinajstić information content (AvgIpc) is 3.13. The summed E-state index contributed by atoms with van der Waals surface area (Å²) in [5.41, 5.74) is 2.19. The summed E-state index contributed by atoms with van der Waals surface area (Å²) < 4.78 is 5.29. The highest BCUT2D eigenvalue weighted by atomic mass is 16.5. The molecule has 0 bridgehead atoms. The lowest BCUT2D eigenvalue weighted by molar-refractivity contribution is 0.0303. The van der Waals surface area contributed by atoms with Crippen molar-refractivity contribution < 1.29 is 14.3 Å². The van der Waals surface area contributed by atoms with Gasteiger partial charge in [0.25, 0.3) is 5.91 Å². The largest absolute Gasteiger partial charge is 0.378 e. The maximum atomic E-state index is 12.5. The van der Waals surface area contributed by atoms with Crippen LogP contribution in [0.25, 0.3) is 0 Å². The first kappa shape index (κ1) is 22.1. The van der Waals surface area contributed by atoms with E-state index in [0.29, 0.717) is 44.1 Å². The lowest BCUT2D eigenvalue weighted by atomic mass is 10.1. The maximum absolute atomic E-state index is 12.5. The van der Waals surface area contributed by atoms with Crippen LogP contribution in [0, 0.1) is 0 Å². The summed E-state index contributed by atoms with van der Waals surface area (Å²) in [5, 5.41) is 5.66. The number of aromatic nitrogens is 1. The van der Waals surface area contributed by atoms with Crippen LogP contribution < -0.4 is 15.5 Å². The van der Waals surface area contributed by atoms with E-state index in [4.69, 9.17) is 4.74 Å². The number of pyridine rings is 1. The molecule has 2 aliphatic rings. The third-order valence-electron chi connectivity index (χ3n) is 5.88. The molecule has 1 aromatic heterocycles. The zero-order valence-corrected chi connectivity index (χ0v) is 18.4. The number of nitrogens with zero attached hydrogens (tertiary/aromatic N) is 3. The van der Waals surface area contributed by atoms with Gasteiger partial charge < -0.3 is 25.2 Å². The fraction of sp³-hybridized carbons (Fsp3) is 0.458. The summed E-state index contributed by atoms with van der Waals surface area (Å²) in [4.78, 5) is 33.5. The molecule has 8 nitrogen and oxygen atoms in total. The molecular formula is C24H31N5O3. The quantitative estimate of drug-likeness (QED) is 0.750. The van der Waals surface area contributed by atoms with Crippen molar-refractivity contribution in [3.63, 3.8) is 0 Å². The normalized spacial score (nSPS) is 16.9. The van der Waals surface area contributed by atoms with Crippen molar-refractivity contribution >= 4 is 23.4 Å². The standard InChI is InChI=1S/C24H31N5O3/c30-23(29-13-15-32-16-14-29)20-6-8-21(9-7-20)27-24(31)26-18-19-5-10-22(25-17-19)28-11-3-1-2-4-12-28/h5-10,17H,1-4,11-16,18H2,(H2,26,27,31). The number of benzene rings is 1. The predicted octanol–water partition coefficient (Wildman–Crippen LogP) is 3.26. The zero-order chi connectivity index (χ0) is 22.2. The van der Waals surface area contributed by atoms with E-state index < -0.39 is 0 Å². The van der Waals surface area contributed by atoms with Gasteiger partial charge in [0.05, 0.1) is 13.2 Å². The first-order valence-corrected chi connectivity index (χ1v) is 11.4. The van der Waals surface area contributed by atoms with E-state index in [1.165, 1.54) is 25.7 Å². The first-order chi connectivity index (χ1) is 15.7. The molecule has 170 valence electrons. The molecule has 3 amide bonds. The number of amides is 3. The highest BCUT2D eigenvalue weighted by Crippen LogP contribution is 2.17. The molecule has 3 heterocycles. The summed E-state index contributed by atoms with van der Waals surface area (Å²) in [6.07, 6.45) is 6.84. The molecular weight excluding hydrogens is 406 g/mol. The van der Waals surface area contributed by atoms with Gasteiger partial charge in [-0.2, -0.15) is 0 Å². The van der Waals surface area contributed by atoms with Crippen LogP contribution in [0.3, 0.4) is 0 Å².